The monoisotopic (exact) mass is 380 g/mol. The molecule has 8 heteroatoms. The number of hydrogen-bond acceptors (Lipinski definition) is 4. The van der Waals surface area contributed by atoms with E-state index in [1.54, 1.807) is 36.4 Å². The number of nitrogens with zero attached hydrogens (tertiary/aromatic N) is 1. The Balaban J connectivity index is 1.96. The molecule has 26 heavy (non-hydrogen) atoms. The number of anilines is 1. The van der Waals surface area contributed by atoms with Crippen LogP contribution in [0.5, 0.6) is 5.75 Å². The van der Waals surface area contributed by atoms with Gasteiger partial charge in [0.05, 0.1) is 19.1 Å². The topological polar surface area (TPSA) is 75.7 Å². The molecule has 0 bridgehead atoms. The van der Waals surface area contributed by atoms with E-state index in [9.17, 15) is 17.6 Å². The van der Waals surface area contributed by atoms with Crippen molar-refractivity contribution in [2.45, 2.75) is 6.42 Å². The first-order chi connectivity index (χ1) is 12.3. The lowest BCUT2D eigenvalue weighted by molar-refractivity contribution is -0.119. The van der Waals surface area contributed by atoms with Gasteiger partial charge in [-0.15, -0.1) is 0 Å². The first kappa shape index (κ1) is 19.7. The molecule has 0 aromatic heterocycles. The smallest absolute Gasteiger partial charge is 0.240 e. The zero-order valence-electron chi connectivity index (χ0n) is 14.6. The fourth-order valence-corrected chi connectivity index (χ4v) is 3.19. The first-order valence-corrected chi connectivity index (χ1v) is 9.77. The Labute approximate surface area is 152 Å². The second kappa shape index (κ2) is 8.66. The van der Waals surface area contributed by atoms with Gasteiger partial charge in [0.15, 0.2) is 0 Å². The standard InChI is InChI=1S/C18H21FN2O4S/c1-25-17-9-7-16(8-10-17)21(26(2,23)24)13-18(22)20-12-11-14-3-5-15(19)6-4-14/h3-10H,11-13H2,1-2H3,(H,20,22). The van der Waals surface area contributed by atoms with Crippen LogP contribution in [-0.2, 0) is 21.2 Å². The molecule has 0 aliphatic rings. The van der Waals surface area contributed by atoms with Gasteiger partial charge in [0.1, 0.15) is 18.1 Å². The van der Waals surface area contributed by atoms with E-state index in [4.69, 9.17) is 4.74 Å². The van der Waals surface area contributed by atoms with Gasteiger partial charge in [0.25, 0.3) is 0 Å². The predicted octanol–water partition coefficient (Wildman–Crippen LogP) is 1.96. The fraction of sp³-hybridized carbons (Fsp3) is 0.278. The quantitative estimate of drug-likeness (QED) is 0.760. The summed E-state index contributed by atoms with van der Waals surface area (Å²) < 4.78 is 43.0. The molecule has 0 heterocycles. The Morgan fingerprint density at radius 2 is 1.73 bits per heavy atom. The largest absolute Gasteiger partial charge is 0.497 e. The molecule has 0 radical (unpaired) electrons. The van der Waals surface area contributed by atoms with Crippen molar-refractivity contribution in [3.63, 3.8) is 0 Å². The van der Waals surface area contributed by atoms with Gasteiger partial charge < -0.3 is 10.1 Å². The normalized spacial score (nSPS) is 11.0. The molecule has 0 fully saturated rings. The maximum Gasteiger partial charge on any atom is 0.240 e. The molecular formula is C18H21FN2O4S. The highest BCUT2D eigenvalue weighted by molar-refractivity contribution is 7.92. The van der Waals surface area contributed by atoms with Crippen molar-refractivity contribution in [1.29, 1.82) is 0 Å². The van der Waals surface area contributed by atoms with Crippen molar-refractivity contribution in [1.82, 2.24) is 5.32 Å². The van der Waals surface area contributed by atoms with Gasteiger partial charge in [-0.3, -0.25) is 9.10 Å². The van der Waals surface area contributed by atoms with Crippen LogP contribution in [0.25, 0.3) is 0 Å². The van der Waals surface area contributed by atoms with Crippen molar-refractivity contribution >= 4 is 21.6 Å². The van der Waals surface area contributed by atoms with Gasteiger partial charge in [-0.2, -0.15) is 0 Å². The second-order valence-corrected chi connectivity index (χ2v) is 7.60. The zero-order chi connectivity index (χ0) is 19.2. The van der Waals surface area contributed by atoms with Crippen LogP contribution in [0.2, 0.25) is 0 Å². The number of carbonyl (C=O) groups is 1. The van der Waals surface area contributed by atoms with Crippen molar-refractivity contribution in [3.8, 4) is 5.75 Å². The van der Waals surface area contributed by atoms with Gasteiger partial charge in [0, 0.05) is 6.54 Å². The van der Waals surface area contributed by atoms with Gasteiger partial charge in [-0.05, 0) is 48.4 Å². The van der Waals surface area contributed by atoms with Crippen molar-refractivity contribution in [2.24, 2.45) is 0 Å². The first-order valence-electron chi connectivity index (χ1n) is 7.92. The third-order valence-corrected chi connectivity index (χ3v) is 4.84. The Bertz CT molecular complexity index is 836. The maximum atomic E-state index is 12.9. The summed E-state index contributed by atoms with van der Waals surface area (Å²) in [5.74, 6) is -0.152. The molecule has 2 aromatic rings. The van der Waals surface area contributed by atoms with Crippen molar-refractivity contribution < 1.29 is 22.3 Å². The van der Waals surface area contributed by atoms with Gasteiger partial charge in [-0.25, -0.2) is 12.8 Å². The number of benzene rings is 2. The Hall–Kier alpha value is -2.61. The van der Waals surface area contributed by atoms with E-state index in [1.165, 1.54) is 19.2 Å². The minimum absolute atomic E-state index is 0.318. The Morgan fingerprint density at radius 1 is 1.12 bits per heavy atom. The number of ether oxygens (including phenoxy) is 1. The molecule has 1 N–H and O–H groups in total. The van der Waals surface area contributed by atoms with Crippen LogP contribution in [0.15, 0.2) is 48.5 Å². The average molecular weight is 380 g/mol. The fourth-order valence-electron chi connectivity index (χ4n) is 2.33. The highest BCUT2D eigenvalue weighted by Gasteiger charge is 2.20. The summed E-state index contributed by atoms with van der Waals surface area (Å²) in [5, 5.41) is 2.68. The summed E-state index contributed by atoms with van der Waals surface area (Å²) >= 11 is 0. The van der Waals surface area contributed by atoms with E-state index < -0.39 is 15.9 Å². The number of methoxy groups -OCH3 is 1. The lowest BCUT2D eigenvalue weighted by atomic mass is 10.1. The average Bonchev–Trinajstić information content (AvgIpc) is 2.60. The molecule has 0 saturated carbocycles. The molecule has 1 amide bonds. The summed E-state index contributed by atoms with van der Waals surface area (Å²) in [6.45, 7) is -0.000734. The van der Waals surface area contributed by atoms with Crippen LogP contribution in [0, 0.1) is 5.82 Å². The zero-order valence-corrected chi connectivity index (χ0v) is 15.4. The third-order valence-electron chi connectivity index (χ3n) is 3.70. The molecule has 6 nitrogen and oxygen atoms in total. The van der Waals surface area contributed by atoms with Gasteiger partial charge in [0.2, 0.25) is 15.9 Å². The number of nitrogens with one attached hydrogen (secondary N) is 1. The van der Waals surface area contributed by atoms with Crippen molar-refractivity contribution in [2.75, 3.05) is 30.8 Å². The number of amides is 1. The molecule has 0 aliphatic heterocycles. The summed E-state index contributed by atoms with van der Waals surface area (Å²) in [6, 6.07) is 12.4. The highest BCUT2D eigenvalue weighted by Crippen LogP contribution is 2.21. The summed E-state index contributed by atoms with van der Waals surface area (Å²) in [4.78, 5) is 12.1. The molecule has 0 saturated heterocycles. The molecule has 2 rings (SSSR count). The molecule has 0 atom stereocenters. The second-order valence-electron chi connectivity index (χ2n) is 5.69. The minimum atomic E-state index is -3.62. The highest BCUT2D eigenvalue weighted by atomic mass is 32.2. The SMILES string of the molecule is COc1ccc(N(CC(=O)NCCc2ccc(F)cc2)S(C)(=O)=O)cc1. The number of hydrogen-bond donors (Lipinski definition) is 1. The Morgan fingerprint density at radius 3 is 2.27 bits per heavy atom. The molecule has 2 aromatic carbocycles. The maximum absolute atomic E-state index is 12.9. The van der Waals surface area contributed by atoms with Crippen LogP contribution >= 0.6 is 0 Å². The molecule has 0 aliphatic carbocycles. The van der Waals surface area contributed by atoms with E-state index in [-0.39, 0.29) is 12.4 Å². The number of rotatable bonds is 8. The van der Waals surface area contributed by atoms with Crippen molar-refractivity contribution in [3.05, 3.63) is 59.9 Å². The van der Waals surface area contributed by atoms with Crippen LogP contribution in [-0.4, -0.2) is 40.8 Å². The summed E-state index contributed by atoms with van der Waals surface area (Å²) in [6.07, 6.45) is 1.57. The predicted molar refractivity (Wildman–Crippen MR) is 98.3 cm³/mol. The van der Waals surface area contributed by atoms with Gasteiger partial charge in [-0.1, -0.05) is 12.1 Å². The third kappa shape index (κ3) is 5.73. The number of sulfonamides is 1. The van der Waals surface area contributed by atoms with Crippen LogP contribution in [0.4, 0.5) is 10.1 Å². The molecular weight excluding hydrogens is 359 g/mol. The minimum Gasteiger partial charge on any atom is -0.497 e. The lowest BCUT2D eigenvalue weighted by Crippen LogP contribution is -2.40. The van der Waals surface area contributed by atoms with E-state index >= 15 is 0 Å². The van der Waals surface area contributed by atoms with Gasteiger partial charge >= 0.3 is 0 Å². The van der Waals surface area contributed by atoms with Crippen LogP contribution < -0.4 is 14.4 Å². The van der Waals surface area contributed by atoms with E-state index in [1.807, 2.05) is 0 Å². The van der Waals surface area contributed by atoms with Crippen LogP contribution in [0.3, 0.4) is 0 Å². The molecule has 0 unspecified atom stereocenters. The number of halogens is 1. The summed E-state index contributed by atoms with van der Waals surface area (Å²) in [5.41, 5.74) is 1.25. The Kier molecular flexibility index (Phi) is 6.57. The number of carbonyl (C=O) groups excluding carboxylic acids is 1. The molecule has 140 valence electrons. The summed E-state index contributed by atoms with van der Waals surface area (Å²) in [7, 11) is -2.11. The van der Waals surface area contributed by atoms with Crippen LogP contribution in [0.1, 0.15) is 5.56 Å². The molecule has 0 spiro atoms. The van der Waals surface area contributed by atoms with E-state index in [0.29, 0.717) is 24.4 Å². The van der Waals surface area contributed by atoms with E-state index in [0.717, 1.165) is 16.1 Å². The lowest BCUT2D eigenvalue weighted by Gasteiger charge is -2.22. The van der Waals surface area contributed by atoms with E-state index in [2.05, 4.69) is 5.32 Å².